The summed E-state index contributed by atoms with van der Waals surface area (Å²) in [5, 5.41) is 7.19. The van der Waals surface area contributed by atoms with Gasteiger partial charge in [0.25, 0.3) is 0 Å². The van der Waals surface area contributed by atoms with E-state index in [9.17, 15) is 0 Å². The van der Waals surface area contributed by atoms with Crippen molar-refractivity contribution in [1.82, 2.24) is 10.6 Å². The average Bonchev–Trinajstić information content (AvgIpc) is 2.98. The monoisotopic (exact) mass is 210 g/mol. The lowest BCUT2D eigenvalue weighted by Crippen LogP contribution is -2.43. The highest BCUT2D eigenvalue weighted by Gasteiger charge is 2.37. The first-order valence-corrected chi connectivity index (χ1v) is 6.60. The van der Waals surface area contributed by atoms with E-state index in [1.54, 1.807) is 0 Å². The first kappa shape index (κ1) is 11.4. The van der Waals surface area contributed by atoms with Crippen molar-refractivity contribution in [3.63, 3.8) is 0 Å². The molecule has 2 nitrogen and oxygen atoms in total. The van der Waals surface area contributed by atoms with E-state index >= 15 is 0 Å². The Kier molecular flexibility index (Phi) is 3.36. The molecule has 1 heterocycles. The van der Waals surface area contributed by atoms with Gasteiger partial charge >= 0.3 is 0 Å². The molecule has 0 amide bonds. The Hall–Kier alpha value is -0.0800. The minimum Gasteiger partial charge on any atom is -0.317 e. The molecule has 0 bridgehead atoms. The summed E-state index contributed by atoms with van der Waals surface area (Å²) < 4.78 is 0. The summed E-state index contributed by atoms with van der Waals surface area (Å²) in [6, 6.07) is 0. The Bertz CT molecular complexity index is 203. The molecule has 0 radical (unpaired) electrons. The number of piperidine rings is 1. The van der Waals surface area contributed by atoms with E-state index in [0.717, 1.165) is 0 Å². The number of rotatable bonds is 5. The van der Waals surface area contributed by atoms with Gasteiger partial charge in [-0.05, 0) is 56.0 Å². The Morgan fingerprint density at radius 1 is 1.07 bits per heavy atom. The van der Waals surface area contributed by atoms with Gasteiger partial charge in [-0.15, -0.1) is 0 Å². The topological polar surface area (TPSA) is 24.1 Å². The lowest BCUT2D eigenvalue weighted by atomic mass is 9.76. The van der Waals surface area contributed by atoms with E-state index in [0.29, 0.717) is 10.8 Å². The van der Waals surface area contributed by atoms with Gasteiger partial charge in [0.1, 0.15) is 0 Å². The van der Waals surface area contributed by atoms with E-state index < -0.39 is 0 Å². The van der Waals surface area contributed by atoms with Crippen molar-refractivity contribution in [2.24, 2.45) is 10.8 Å². The second kappa shape index (κ2) is 4.42. The van der Waals surface area contributed by atoms with Crippen LogP contribution in [0.2, 0.25) is 0 Å². The first-order chi connectivity index (χ1) is 7.18. The lowest BCUT2D eigenvalue weighted by molar-refractivity contribution is 0.183. The van der Waals surface area contributed by atoms with Crippen LogP contribution in [0.15, 0.2) is 0 Å². The first-order valence-electron chi connectivity index (χ1n) is 6.60. The molecule has 0 spiro atoms. The maximum absolute atomic E-state index is 3.72. The molecule has 0 aromatic rings. The van der Waals surface area contributed by atoms with Crippen LogP contribution in [-0.2, 0) is 0 Å². The van der Waals surface area contributed by atoms with Crippen LogP contribution >= 0.6 is 0 Å². The second-order valence-electron chi connectivity index (χ2n) is 6.02. The molecule has 0 atom stereocenters. The van der Waals surface area contributed by atoms with Gasteiger partial charge in [-0.3, -0.25) is 0 Å². The SMILES string of the molecule is CCC1(CNCC2(C)CC2)CCNCC1. The quantitative estimate of drug-likeness (QED) is 0.726. The van der Waals surface area contributed by atoms with Crippen LogP contribution in [0.1, 0.15) is 46.0 Å². The molecule has 88 valence electrons. The Morgan fingerprint density at radius 2 is 1.73 bits per heavy atom. The third kappa shape index (κ3) is 2.94. The van der Waals surface area contributed by atoms with E-state index in [4.69, 9.17) is 0 Å². The van der Waals surface area contributed by atoms with Gasteiger partial charge in [-0.25, -0.2) is 0 Å². The van der Waals surface area contributed by atoms with E-state index in [1.165, 1.54) is 58.3 Å². The molecule has 2 rings (SSSR count). The minimum atomic E-state index is 0.594. The molecule has 2 N–H and O–H groups in total. The highest BCUT2D eigenvalue weighted by Crippen LogP contribution is 2.44. The zero-order valence-electron chi connectivity index (χ0n) is 10.4. The highest BCUT2D eigenvalue weighted by atomic mass is 14.9. The van der Waals surface area contributed by atoms with Gasteiger partial charge in [-0.2, -0.15) is 0 Å². The van der Waals surface area contributed by atoms with Crippen molar-refractivity contribution < 1.29 is 0 Å². The van der Waals surface area contributed by atoms with Crippen LogP contribution in [0, 0.1) is 10.8 Å². The molecule has 0 aromatic carbocycles. The second-order valence-corrected chi connectivity index (χ2v) is 6.02. The van der Waals surface area contributed by atoms with Crippen molar-refractivity contribution in [1.29, 1.82) is 0 Å². The zero-order valence-corrected chi connectivity index (χ0v) is 10.4. The molecule has 15 heavy (non-hydrogen) atoms. The van der Waals surface area contributed by atoms with Crippen LogP contribution in [0.4, 0.5) is 0 Å². The fraction of sp³-hybridized carbons (Fsp3) is 1.00. The summed E-state index contributed by atoms with van der Waals surface area (Å²) in [6.07, 6.45) is 6.90. The Balaban J connectivity index is 1.74. The van der Waals surface area contributed by atoms with Crippen molar-refractivity contribution in [2.75, 3.05) is 26.2 Å². The summed E-state index contributed by atoms with van der Waals surface area (Å²) in [5.74, 6) is 0. The molecule has 2 aliphatic rings. The number of hydrogen-bond donors (Lipinski definition) is 2. The number of nitrogens with one attached hydrogen (secondary N) is 2. The van der Waals surface area contributed by atoms with Crippen molar-refractivity contribution in [2.45, 2.75) is 46.0 Å². The van der Waals surface area contributed by atoms with Crippen molar-refractivity contribution in [3.05, 3.63) is 0 Å². The summed E-state index contributed by atoms with van der Waals surface area (Å²) in [6.45, 7) is 9.66. The predicted octanol–water partition coefficient (Wildman–Crippen LogP) is 2.16. The zero-order chi connectivity index (χ0) is 10.8. The van der Waals surface area contributed by atoms with Gasteiger partial charge < -0.3 is 10.6 Å². The Labute approximate surface area is 94.2 Å². The number of hydrogen-bond acceptors (Lipinski definition) is 2. The summed E-state index contributed by atoms with van der Waals surface area (Å²) in [5.41, 5.74) is 1.25. The summed E-state index contributed by atoms with van der Waals surface area (Å²) >= 11 is 0. The van der Waals surface area contributed by atoms with Crippen LogP contribution in [0.5, 0.6) is 0 Å². The summed E-state index contributed by atoms with van der Waals surface area (Å²) in [7, 11) is 0. The fourth-order valence-corrected chi connectivity index (χ4v) is 2.63. The van der Waals surface area contributed by atoms with Gasteiger partial charge in [0.2, 0.25) is 0 Å². The molecule has 1 aliphatic heterocycles. The van der Waals surface area contributed by atoms with Crippen molar-refractivity contribution in [3.8, 4) is 0 Å². The lowest BCUT2D eigenvalue weighted by Gasteiger charge is -2.37. The van der Waals surface area contributed by atoms with E-state index in [2.05, 4.69) is 24.5 Å². The molecule has 2 fully saturated rings. The molecule has 1 saturated heterocycles. The third-order valence-electron chi connectivity index (χ3n) is 4.57. The van der Waals surface area contributed by atoms with Gasteiger partial charge in [0.05, 0.1) is 0 Å². The maximum atomic E-state index is 3.72. The normalized spacial score (nSPS) is 27.6. The van der Waals surface area contributed by atoms with E-state index in [1.807, 2.05) is 0 Å². The van der Waals surface area contributed by atoms with Gasteiger partial charge in [0, 0.05) is 13.1 Å². The third-order valence-corrected chi connectivity index (χ3v) is 4.57. The van der Waals surface area contributed by atoms with Crippen molar-refractivity contribution >= 4 is 0 Å². The van der Waals surface area contributed by atoms with E-state index in [-0.39, 0.29) is 0 Å². The minimum absolute atomic E-state index is 0.594. The predicted molar refractivity (Wildman–Crippen MR) is 65.0 cm³/mol. The maximum Gasteiger partial charge on any atom is 0.000889 e. The molecule has 0 aromatic heterocycles. The molecular formula is C13H26N2. The Morgan fingerprint density at radius 3 is 2.27 bits per heavy atom. The highest BCUT2D eigenvalue weighted by molar-refractivity contribution is 4.92. The molecule has 2 heteroatoms. The molecule has 0 unspecified atom stereocenters. The fourth-order valence-electron chi connectivity index (χ4n) is 2.63. The molecule has 1 aliphatic carbocycles. The standard InChI is InChI=1S/C13H26N2/c1-3-13(6-8-14-9-7-13)11-15-10-12(2)4-5-12/h14-15H,3-11H2,1-2H3. The summed E-state index contributed by atoms with van der Waals surface area (Å²) in [4.78, 5) is 0. The van der Waals surface area contributed by atoms with Crippen LogP contribution in [0.3, 0.4) is 0 Å². The molecule has 1 saturated carbocycles. The van der Waals surface area contributed by atoms with Crippen LogP contribution in [0.25, 0.3) is 0 Å². The van der Waals surface area contributed by atoms with Crippen LogP contribution < -0.4 is 10.6 Å². The largest absolute Gasteiger partial charge is 0.317 e. The van der Waals surface area contributed by atoms with Gasteiger partial charge in [0.15, 0.2) is 0 Å². The average molecular weight is 210 g/mol. The van der Waals surface area contributed by atoms with Gasteiger partial charge in [-0.1, -0.05) is 13.8 Å². The molecular weight excluding hydrogens is 184 g/mol. The van der Waals surface area contributed by atoms with Crippen LogP contribution in [-0.4, -0.2) is 26.2 Å². The smallest absolute Gasteiger partial charge is 0.000889 e.